The summed E-state index contributed by atoms with van der Waals surface area (Å²) in [6.45, 7) is 3.95. The van der Waals surface area contributed by atoms with E-state index in [0.717, 1.165) is 17.3 Å². The lowest BCUT2D eigenvalue weighted by Gasteiger charge is -2.14. The second-order valence-corrected chi connectivity index (χ2v) is 9.04. The summed E-state index contributed by atoms with van der Waals surface area (Å²) in [5.41, 5.74) is 2.75. The van der Waals surface area contributed by atoms with E-state index in [1.54, 1.807) is 60.7 Å². The van der Waals surface area contributed by atoms with Gasteiger partial charge >= 0.3 is 5.97 Å². The number of carboxylic acid groups (broad SMARTS) is 1. The number of allylic oxidation sites excluding steroid dienone is 1. The molecule has 1 aliphatic rings. The SMILES string of the molecule is CC(C)Oc1ccc(C(=O)C(Cc2ccc3c(c2)OCO3)=C(C(=O)O)c2ccc3nsnc3c2)cc1. The molecule has 2 heterocycles. The lowest BCUT2D eigenvalue weighted by atomic mass is 9.89. The third-order valence-corrected chi connectivity index (χ3v) is 6.20. The topological polar surface area (TPSA) is 108 Å². The molecule has 182 valence electrons. The van der Waals surface area contributed by atoms with E-state index < -0.39 is 11.8 Å². The summed E-state index contributed by atoms with van der Waals surface area (Å²) < 4.78 is 24.9. The third-order valence-electron chi connectivity index (χ3n) is 5.64. The van der Waals surface area contributed by atoms with E-state index in [4.69, 9.17) is 14.2 Å². The number of ether oxygens (including phenoxy) is 3. The molecule has 0 atom stereocenters. The van der Waals surface area contributed by atoms with Crippen LogP contribution in [-0.4, -0.2) is 38.5 Å². The van der Waals surface area contributed by atoms with Crippen molar-refractivity contribution in [2.24, 2.45) is 0 Å². The van der Waals surface area contributed by atoms with Crippen LogP contribution in [0.3, 0.4) is 0 Å². The monoisotopic (exact) mass is 502 g/mol. The van der Waals surface area contributed by atoms with Crippen molar-refractivity contribution in [2.45, 2.75) is 26.4 Å². The van der Waals surface area contributed by atoms with E-state index in [1.165, 1.54) is 0 Å². The van der Waals surface area contributed by atoms with Gasteiger partial charge in [0.1, 0.15) is 16.8 Å². The van der Waals surface area contributed by atoms with Gasteiger partial charge in [-0.2, -0.15) is 8.75 Å². The van der Waals surface area contributed by atoms with Gasteiger partial charge in [0.05, 0.1) is 23.4 Å². The Kier molecular flexibility index (Phi) is 6.39. The Bertz CT molecular complexity index is 1490. The van der Waals surface area contributed by atoms with Gasteiger partial charge in [0.2, 0.25) is 6.79 Å². The first-order valence-corrected chi connectivity index (χ1v) is 12.0. The zero-order chi connectivity index (χ0) is 25.2. The van der Waals surface area contributed by atoms with Crippen LogP contribution in [0.1, 0.15) is 35.3 Å². The fourth-order valence-corrected chi connectivity index (χ4v) is 4.55. The van der Waals surface area contributed by atoms with Gasteiger partial charge in [0.15, 0.2) is 17.3 Å². The highest BCUT2D eigenvalue weighted by Gasteiger charge is 2.25. The first-order chi connectivity index (χ1) is 17.4. The van der Waals surface area contributed by atoms with E-state index in [1.807, 2.05) is 13.8 Å². The number of nitrogens with zero attached hydrogens (tertiary/aromatic N) is 2. The summed E-state index contributed by atoms with van der Waals surface area (Å²) in [5.74, 6) is 0.194. The van der Waals surface area contributed by atoms with Crippen molar-refractivity contribution in [1.29, 1.82) is 0 Å². The maximum absolute atomic E-state index is 13.8. The second-order valence-electron chi connectivity index (χ2n) is 8.51. The van der Waals surface area contributed by atoms with Crippen molar-refractivity contribution in [3.05, 3.63) is 82.9 Å². The molecule has 5 rings (SSSR count). The number of rotatable bonds is 8. The Morgan fingerprint density at radius 3 is 2.42 bits per heavy atom. The Hall–Kier alpha value is -4.24. The van der Waals surface area contributed by atoms with Crippen LogP contribution in [0.15, 0.2) is 66.2 Å². The number of carbonyl (C=O) groups excluding carboxylic acids is 1. The van der Waals surface area contributed by atoms with Crippen LogP contribution in [0.2, 0.25) is 0 Å². The minimum atomic E-state index is -1.21. The molecule has 1 aromatic heterocycles. The Balaban J connectivity index is 1.62. The van der Waals surface area contributed by atoms with Gasteiger partial charge in [-0.05, 0) is 73.5 Å². The van der Waals surface area contributed by atoms with Crippen molar-refractivity contribution in [3.8, 4) is 17.2 Å². The number of aliphatic carboxylic acids is 1. The average Bonchev–Trinajstić information content (AvgIpc) is 3.52. The predicted molar refractivity (Wildman–Crippen MR) is 135 cm³/mol. The molecular formula is C27H22N2O6S. The predicted octanol–water partition coefficient (Wildman–Crippen LogP) is 5.17. The van der Waals surface area contributed by atoms with E-state index in [-0.39, 0.29) is 30.5 Å². The molecule has 0 saturated heterocycles. The lowest BCUT2D eigenvalue weighted by molar-refractivity contribution is -0.130. The van der Waals surface area contributed by atoms with Crippen LogP contribution in [-0.2, 0) is 11.2 Å². The lowest BCUT2D eigenvalue weighted by Crippen LogP contribution is -2.14. The van der Waals surface area contributed by atoms with Crippen LogP contribution in [0.4, 0.5) is 0 Å². The fraction of sp³-hybridized carbons (Fsp3) is 0.185. The highest BCUT2D eigenvalue weighted by atomic mass is 32.1. The molecule has 0 unspecified atom stereocenters. The van der Waals surface area contributed by atoms with Crippen LogP contribution in [0, 0.1) is 0 Å². The molecule has 1 N–H and O–H groups in total. The molecule has 0 spiro atoms. The molecule has 4 aromatic rings. The van der Waals surface area contributed by atoms with Gasteiger partial charge < -0.3 is 19.3 Å². The highest BCUT2D eigenvalue weighted by molar-refractivity contribution is 7.00. The molecule has 3 aromatic carbocycles. The van der Waals surface area contributed by atoms with E-state index >= 15 is 0 Å². The summed E-state index contributed by atoms with van der Waals surface area (Å²) in [6, 6.07) is 17.0. The van der Waals surface area contributed by atoms with Crippen LogP contribution >= 0.6 is 11.7 Å². The summed E-state index contributed by atoms with van der Waals surface area (Å²) in [4.78, 5) is 26.4. The third kappa shape index (κ3) is 4.78. The molecule has 9 heteroatoms. The minimum Gasteiger partial charge on any atom is -0.491 e. The molecule has 0 fully saturated rings. The first-order valence-electron chi connectivity index (χ1n) is 11.3. The number of fused-ring (bicyclic) bond motifs is 2. The number of hydrogen-bond donors (Lipinski definition) is 1. The van der Waals surface area contributed by atoms with E-state index in [2.05, 4.69) is 8.75 Å². The zero-order valence-corrected chi connectivity index (χ0v) is 20.4. The Morgan fingerprint density at radius 1 is 0.944 bits per heavy atom. The Morgan fingerprint density at radius 2 is 1.67 bits per heavy atom. The normalized spacial score (nSPS) is 13.1. The van der Waals surface area contributed by atoms with Crippen molar-refractivity contribution < 1.29 is 28.9 Å². The summed E-state index contributed by atoms with van der Waals surface area (Å²) in [5, 5.41) is 10.3. The number of ketones is 1. The van der Waals surface area contributed by atoms with Crippen molar-refractivity contribution >= 4 is 40.1 Å². The second kappa shape index (κ2) is 9.79. The maximum Gasteiger partial charge on any atom is 0.336 e. The standard InChI is InChI=1S/C27H22N2O6S/c1-15(2)35-19-7-4-17(5-8-19)26(30)20(11-16-3-10-23-24(12-16)34-14-33-23)25(27(31)32)18-6-9-21-22(13-18)29-36-28-21/h3-10,12-13,15H,11,14H2,1-2H3,(H,31,32). The van der Waals surface area contributed by atoms with Crippen molar-refractivity contribution in [1.82, 2.24) is 8.75 Å². The summed E-state index contributed by atoms with van der Waals surface area (Å²) >= 11 is 1.04. The molecular weight excluding hydrogens is 480 g/mol. The molecule has 36 heavy (non-hydrogen) atoms. The van der Waals surface area contributed by atoms with Crippen molar-refractivity contribution in [3.63, 3.8) is 0 Å². The highest BCUT2D eigenvalue weighted by Crippen LogP contribution is 2.35. The molecule has 8 nitrogen and oxygen atoms in total. The van der Waals surface area contributed by atoms with Crippen molar-refractivity contribution in [2.75, 3.05) is 6.79 Å². The van der Waals surface area contributed by atoms with Gasteiger partial charge in [0.25, 0.3) is 0 Å². The first kappa shape index (κ1) is 23.5. The number of benzene rings is 3. The van der Waals surface area contributed by atoms with Crippen LogP contribution in [0.25, 0.3) is 16.6 Å². The molecule has 0 radical (unpaired) electrons. The number of Topliss-reactive ketones (excluding diaryl/α,β-unsaturated/α-hetero) is 1. The average molecular weight is 503 g/mol. The zero-order valence-electron chi connectivity index (χ0n) is 19.6. The van der Waals surface area contributed by atoms with E-state index in [9.17, 15) is 14.7 Å². The Labute approximate surface area is 211 Å². The smallest absolute Gasteiger partial charge is 0.336 e. The molecule has 0 aliphatic carbocycles. The number of hydrogen-bond acceptors (Lipinski definition) is 8. The fourth-order valence-electron chi connectivity index (χ4n) is 4.03. The largest absolute Gasteiger partial charge is 0.491 e. The molecule has 0 bridgehead atoms. The van der Waals surface area contributed by atoms with E-state index in [0.29, 0.717) is 39.4 Å². The van der Waals surface area contributed by atoms with Gasteiger partial charge in [-0.25, -0.2) is 4.79 Å². The summed E-state index contributed by atoms with van der Waals surface area (Å²) in [7, 11) is 0. The van der Waals surface area contributed by atoms with Gasteiger partial charge in [0, 0.05) is 17.6 Å². The van der Waals surface area contributed by atoms with Gasteiger partial charge in [-0.15, -0.1) is 0 Å². The van der Waals surface area contributed by atoms with Gasteiger partial charge in [-0.3, -0.25) is 4.79 Å². The molecule has 1 aliphatic heterocycles. The molecule has 0 amide bonds. The number of aromatic nitrogens is 2. The maximum atomic E-state index is 13.8. The summed E-state index contributed by atoms with van der Waals surface area (Å²) in [6.07, 6.45) is 0.0658. The minimum absolute atomic E-state index is 0.0123. The quantitative estimate of drug-likeness (QED) is 0.260. The van der Waals surface area contributed by atoms with Gasteiger partial charge in [-0.1, -0.05) is 12.1 Å². The molecule has 0 saturated carbocycles. The number of carboxylic acids is 1. The van der Waals surface area contributed by atoms with Crippen LogP contribution < -0.4 is 14.2 Å². The van der Waals surface area contributed by atoms with Crippen LogP contribution in [0.5, 0.6) is 17.2 Å². The number of carbonyl (C=O) groups is 2.